The highest BCUT2D eigenvalue weighted by atomic mass is 16.7. The normalized spacial score (nSPS) is 23.8. The van der Waals surface area contributed by atoms with Gasteiger partial charge in [0, 0.05) is 31.2 Å². The molecule has 2 heterocycles. The average molecular weight is 345 g/mol. The fourth-order valence-electron chi connectivity index (χ4n) is 3.72. The number of hydrogen-bond donors (Lipinski definition) is 1. The van der Waals surface area contributed by atoms with Crippen LogP contribution in [-0.2, 0) is 14.3 Å². The summed E-state index contributed by atoms with van der Waals surface area (Å²) in [6.07, 6.45) is 8.59. The number of carboxylic acids is 1. The number of allylic oxidation sites excluding steroid dienone is 1. The summed E-state index contributed by atoms with van der Waals surface area (Å²) in [6, 6.07) is 3.72. The first-order valence-electron chi connectivity index (χ1n) is 8.99. The summed E-state index contributed by atoms with van der Waals surface area (Å²) in [7, 11) is 0. The Morgan fingerprint density at radius 2 is 1.96 bits per heavy atom. The third kappa shape index (κ3) is 3.85. The van der Waals surface area contributed by atoms with Crippen LogP contribution in [0.4, 0.5) is 0 Å². The van der Waals surface area contributed by atoms with Gasteiger partial charge in [-0.3, -0.25) is 0 Å². The predicted molar refractivity (Wildman–Crippen MR) is 90.1 cm³/mol. The molecule has 1 saturated heterocycles. The number of nitrogens with zero attached hydrogens (tertiary/aromatic N) is 1. The van der Waals surface area contributed by atoms with Gasteiger partial charge in [0.25, 0.3) is 0 Å². The summed E-state index contributed by atoms with van der Waals surface area (Å²) >= 11 is 0. The predicted octanol–water partition coefficient (Wildman–Crippen LogP) is 3.02. The van der Waals surface area contributed by atoms with Crippen molar-refractivity contribution in [2.24, 2.45) is 5.92 Å². The molecule has 1 N–H and O–H groups in total. The van der Waals surface area contributed by atoms with Crippen molar-refractivity contribution in [1.29, 1.82) is 0 Å². The highest BCUT2D eigenvalue weighted by Crippen LogP contribution is 2.42. The lowest BCUT2D eigenvalue weighted by Crippen LogP contribution is -2.38. The molecule has 1 aliphatic heterocycles. The van der Waals surface area contributed by atoms with Crippen LogP contribution in [0.25, 0.3) is 5.57 Å². The van der Waals surface area contributed by atoms with Gasteiger partial charge in [0.2, 0.25) is 5.88 Å². The second-order valence-electron chi connectivity index (χ2n) is 7.02. The first kappa shape index (κ1) is 16.5. The van der Waals surface area contributed by atoms with Gasteiger partial charge in [-0.15, -0.1) is 0 Å². The van der Waals surface area contributed by atoms with Gasteiger partial charge < -0.3 is 19.3 Å². The Labute approximate surface area is 146 Å². The Morgan fingerprint density at radius 3 is 2.60 bits per heavy atom. The molecule has 6 heteroatoms. The van der Waals surface area contributed by atoms with Gasteiger partial charge in [-0.1, -0.05) is 0 Å². The molecule has 1 aromatic heterocycles. The summed E-state index contributed by atoms with van der Waals surface area (Å²) in [5.41, 5.74) is 1.76. The Hall–Kier alpha value is -1.92. The zero-order valence-electron chi connectivity index (χ0n) is 14.1. The second kappa shape index (κ2) is 6.77. The van der Waals surface area contributed by atoms with E-state index in [2.05, 4.69) is 4.98 Å². The Morgan fingerprint density at radius 1 is 1.24 bits per heavy atom. The van der Waals surface area contributed by atoms with E-state index in [1.54, 1.807) is 6.20 Å². The molecule has 0 atom stereocenters. The van der Waals surface area contributed by atoms with Gasteiger partial charge in [0.05, 0.1) is 13.2 Å². The van der Waals surface area contributed by atoms with Crippen LogP contribution in [0.1, 0.15) is 44.1 Å². The lowest BCUT2D eigenvalue weighted by atomic mass is 9.92. The smallest absolute Gasteiger partial charge is 0.328 e. The van der Waals surface area contributed by atoms with E-state index in [9.17, 15) is 4.79 Å². The van der Waals surface area contributed by atoms with E-state index < -0.39 is 11.8 Å². The van der Waals surface area contributed by atoms with Crippen LogP contribution < -0.4 is 4.74 Å². The standard InChI is InChI=1S/C19H23NO5/c21-18(22)12-16(13-1-2-13)14-5-8-20-17(11-14)25-15-3-6-19(7-4-15)23-9-10-24-19/h5,8,11-13,15H,1-4,6-7,9-10H2,(H,21,22)/b16-12+. The molecule has 4 rings (SSSR count). The maximum atomic E-state index is 11.1. The first-order chi connectivity index (χ1) is 12.1. The van der Waals surface area contributed by atoms with Crippen molar-refractivity contribution in [2.45, 2.75) is 50.4 Å². The van der Waals surface area contributed by atoms with E-state index in [-0.39, 0.29) is 6.10 Å². The van der Waals surface area contributed by atoms with Crippen molar-refractivity contribution in [3.63, 3.8) is 0 Å². The molecule has 3 fully saturated rings. The Kier molecular flexibility index (Phi) is 4.48. The topological polar surface area (TPSA) is 77.9 Å². The number of carboxylic acid groups (broad SMARTS) is 1. The van der Waals surface area contributed by atoms with Gasteiger partial charge in [-0.05, 0) is 48.8 Å². The first-order valence-corrected chi connectivity index (χ1v) is 8.99. The summed E-state index contributed by atoms with van der Waals surface area (Å²) in [5, 5.41) is 9.11. The zero-order valence-corrected chi connectivity index (χ0v) is 14.1. The molecule has 3 aliphatic rings. The summed E-state index contributed by atoms with van der Waals surface area (Å²) in [4.78, 5) is 15.4. The molecule has 0 aromatic carbocycles. The van der Waals surface area contributed by atoms with Gasteiger partial charge in [0.1, 0.15) is 6.10 Å². The lowest BCUT2D eigenvalue weighted by molar-refractivity contribution is -0.186. The summed E-state index contributed by atoms with van der Waals surface area (Å²) < 4.78 is 17.5. The minimum atomic E-state index is -0.907. The van der Waals surface area contributed by atoms with E-state index in [0.29, 0.717) is 25.0 Å². The van der Waals surface area contributed by atoms with Crippen molar-refractivity contribution >= 4 is 11.5 Å². The highest BCUT2D eigenvalue weighted by molar-refractivity contribution is 5.91. The highest BCUT2D eigenvalue weighted by Gasteiger charge is 2.41. The number of rotatable bonds is 5. The maximum Gasteiger partial charge on any atom is 0.328 e. The van der Waals surface area contributed by atoms with Crippen LogP contribution in [0.2, 0.25) is 0 Å². The molecule has 1 spiro atoms. The van der Waals surface area contributed by atoms with Crippen molar-refractivity contribution in [1.82, 2.24) is 4.98 Å². The number of aromatic nitrogens is 1. The largest absolute Gasteiger partial charge is 0.478 e. The van der Waals surface area contributed by atoms with Crippen molar-refractivity contribution in [2.75, 3.05) is 13.2 Å². The lowest BCUT2D eigenvalue weighted by Gasteiger charge is -2.35. The molecule has 25 heavy (non-hydrogen) atoms. The van der Waals surface area contributed by atoms with Crippen molar-refractivity contribution in [3.8, 4) is 5.88 Å². The number of carbonyl (C=O) groups is 1. The number of hydrogen-bond acceptors (Lipinski definition) is 5. The molecule has 1 aromatic rings. The van der Waals surface area contributed by atoms with Crippen LogP contribution in [0.15, 0.2) is 24.4 Å². The third-order valence-electron chi connectivity index (χ3n) is 5.16. The van der Waals surface area contributed by atoms with Crippen LogP contribution in [-0.4, -0.2) is 41.2 Å². The molecule has 2 saturated carbocycles. The zero-order chi connectivity index (χ0) is 17.3. The quantitative estimate of drug-likeness (QED) is 0.827. The third-order valence-corrected chi connectivity index (χ3v) is 5.16. The molecular formula is C19H23NO5. The molecule has 0 bridgehead atoms. The molecule has 134 valence electrons. The summed E-state index contributed by atoms with van der Waals surface area (Å²) in [5.74, 6) is -0.394. The van der Waals surface area contributed by atoms with Gasteiger partial charge in [-0.25, -0.2) is 9.78 Å². The van der Waals surface area contributed by atoms with Crippen LogP contribution >= 0.6 is 0 Å². The van der Waals surface area contributed by atoms with Crippen molar-refractivity contribution in [3.05, 3.63) is 30.0 Å². The minimum absolute atomic E-state index is 0.0917. The number of aliphatic carboxylic acids is 1. The van der Waals surface area contributed by atoms with Crippen LogP contribution in [0.5, 0.6) is 5.88 Å². The van der Waals surface area contributed by atoms with Crippen LogP contribution in [0.3, 0.4) is 0 Å². The van der Waals surface area contributed by atoms with E-state index in [1.807, 2.05) is 12.1 Å². The molecular weight excluding hydrogens is 322 g/mol. The molecule has 0 radical (unpaired) electrons. The fourth-order valence-corrected chi connectivity index (χ4v) is 3.72. The van der Waals surface area contributed by atoms with E-state index in [1.165, 1.54) is 6.08 Å². The monoisotopic (exact) mass is 345 g/mol. The second-order valence-corrected chi connectivity index (χ2v) is 7.02. The average Bonchev–Trinajstić information content (AvgIpc) is 3.35. The maximum absolute atomic E-state index is 11.1. The fraction of sp³-hybridized carbons (Fsp3) is 0.579. The minimum Gasteiger partial charge on any atom is -0.478 e. The van der Waals surface area contributed by atoms with E-state index in [0.717, 1.165) is 49.7 Å². The van der Waals surface area contributed by atoms with Gasteiger partial charge in [-0.2, -0.15) is 0 Å². The molecule has 2 aliphatic carbocycles. The summed E-state index contributed by atoms with van der Waals surface area (Å²) in [6.45, 7) is 1.35. The number of ether oxygens (including phenoxy) is 3. The molecule has 0 amide bonds. The van der Waals surface area contributed by atoms with E-state index >= 15 is 0 Å². The SMILES string of the molecule is O=C(O)/C=C(/c1ccnc(OC2CCC3(CC2)OCCO3)c1)C1CC1. The van der Waals surface area contributed by atoms with E-state index in [4.69, 9.17) is 19.3 Å². The Balaban J connectivity index is 1.42. The van der Waals surface area contributed by atoms with Gasteiger partial charge in [0.15, 0.2) is 5.79 Å². The van der Waals surface area contributed by atoms with Crippen LogP contribution in [0, 0.1) is 5.92 Å². The molecule has 6 nitrogen and oxygen atoms in total. The number of pyridine rings is 1. The van der Waals surface area contributed by atoms with Gasteiger partial charge >= 0.3 is 5.97 Å². The van der Waals surface area contributed by atoms with Crippen molar-refractivity contribution < 1.29 is 24.1 Å². The molecule has 0 unspecified atom stereocenters. The Bertz CT molecular complexity index is 666.